The highest BCUT2D eigenvalue weighted by Gasteiger charge is 2.19. The van der Waals surface area contributed by atoms with Gasteiger partial charge in [0.1, 0.15) is 11.3 Å². The van der Waals surface area contributed by atoms with Crippen LogP contribution in [0.2, 0.25) is 0 Å². The fourth-order valence-electron chi connectivity index (χ4n) is 1.52. The number of nitrogens with zero attached hydrogens (tertiary/aromatic N) is 1. The van der Waals surface area contributed by atoms with Crippen molar-refractivity contribution in [1.29, 1.82) is 0 Å². The molecule has 0 aliphatic rings. The molecule has 0 saturated heterocycles. The van der Waals surface area contributed by atoms with Gasteiger partial charge in [-0.15, -0.1) is 0 Å². The Hall–Kier alpha value is -2.53. The number of ether oxygens (including phenoxy) is 3. The molecule has 0 bridgehead atoms. The minimum Gasteiger partial charge on any atom is -0.493 e. The number of carbonyl (C=O) groups is 1. The van der Waals surface area contributed by atoms with E-state index in [9.17, 15) is 9.59 Å². The zero-order valence-corrected chi connectivity index (χ0v) is 12.6. The van der Waals surface area contributed by atoms with Gasteiger partial charge < -0.3 is 14.2 Å². The molecule has 1 aromatic carbocycles. The van der Waals surface area contributed by atoms with Gasteiger partial charge in [-0.2, -0.15) is 4.99 Å². The van der Waals surface area contributed by atoms with Crippen LogP contribution in [0.5, 0.6) is 11.5 Å². The Bertz CT molecular complexity index is 571. The van der Waals surface area contributed by atoms with E-state index >= 15 is 0 Å². The van der Waals surface area contributed by atoms with Crippen molar-refractivity contribution in [3.63, 3.8) is 0 Å². The molecule has 21 heavy (non-hydrogen) atoms. The predicted octanol–water partition coefficient (Wildman–Crippen LogP) is 3.02. The van der Waals surface area contributed by atoms with Gasteiger partial charge in [-0.05, 0) is 20.8 Å². The number of aliphatic imine (C=N–C) groups is 1. The molecule has 0 heterocycles. The highest BCUT2D eigenvalue weighted by atomic mass is 16.6. The fraction of sp³-hybridized carbons (Fsp3) is 0.429. The molecular weight excluding hydrogens is 276 g/mol. The molecule has 7 nitrogen and oxygen atoms in total. The van der Waals surface area contributed by atoms with Crippen molar-refractivity contribution >= 4 is 23.5 Å². The van der Waals surface area contributed by atoms with Gasteiger partial charge in [0.15, 0.2) is 11.5 Å². The van der Waals surface area contributed by atoms with E-state index in [0.717, 1.165) is 0 Å². The van der Waals surface area contributed by atoms with Crippen molar-refractivity contribution in [2.24, 2.45) is 4.99 Å². The third-order valence-electron chi connectivity index (χ3n) is 2.30. The van der Waals surface area contributed by atoms with Crippen LogP contribution in [0.25, 0.3) is 0 Å². The topological polar surface area (TPSA) is 86.2 Å². The van der Waals surface area contributed by atoms with E-state index in [-0.39, 0.29) is 11.4 Å². The molecular formula is C14H18N2O5. The Morgan fingerprint density at radius 2 is 1.76 bits per heavy atom. The number of carbonyl (C=O) groups excluding carboxylic acids is 2. The van der Waals surface area contributed by atoms with Crippen molar-refractivity contribution < 1.29 is 23.8 Å². The predicted molar refractivity (Wildman–Crippen MR) is 77.2 cm³/mol. The van der Waals surface area contributed by atoms with Gasteiger partial charge in [0, 0.05) is 12.1 Å². The molecule has 1 rings (SSSR count). The number of isocyanates is 1. The van der Waals surface area contributed by atoms with Crippen molar-refractivity contribution in [2.45, 2.75) is 26.4 Å². The minimum atomic E-state index is -0.669. The Morgan fingerprint density at radius 3 is 2.24 bits per heavy atom. The highest BCUT2D eigenvalue weighted by Crippen LogP contribution is 2.38. The number of anilines is 1. The lowest BCUT2D eigenvalue weighted by molar-refractivity contribution is 0.0636. The molecule has 0 unspecified atom stereocenters. The number of rotatable bonds is 4. The van der Waals surface area contributed by atoms with Crippen LogP contribution in [0, 0.1) is 0 Å². The van der Waals surface area contributed by atoms with E-state index in [4.69, 9.17) is 14.2 Å². The molecule has 0 aliphatic heterocycles. The molecule has 1 N–H and O–H groups in total. The summed E-state index contributed by atoms with van der Waals surface area (Å²) in [5.41, 5.74) is -0.201. The summed E-state index contributed by atoms with van der Waals surface area (Å²) in [5.74, 6) is 0.759. The summed E-state index contributed by atoms with van der Waals surface area (Å²) < 4.78 is 15.4. The Labute approximate surface area is 122 Å². The summed E-state index contributed by atoms with van der Waals surface area (Å²) in [4.78, 5) is 25.8. The van der Waals surface area contributed by atoms with E-state index in [1.54, 1.807) is 20.8 Å². The average Bonchev–Trinajstić information content (AvgIpc) is 2.38. The van der Waals surface area contributed by atoms with Crippen LogP contribution in [0.15, 0.2) is 17.1 Å². The highest BCUT2D eigenvalue weighted by molar-refractivity contribution is 5.90. The van der Waals surface area contributed by atoms with Crippen LogP contribution in [0.4, 0.5) is 16.2 Å². The van der Waals surface area contributed by atoms with Gasteiger partial charge in [-0.3, -0.25) is 5.32 Å². The second-order valence-corrected chi connectivity index (χ2v) is 5.05. The molecule has 0 saturated carbocycles. The van der Waals surface area contributed by atoms with Crippen molar-refractivity contribution in [3.8, 4) is 11.5 Å². The Kier molecular flexibility index (Phi) is 5.32. The number of amides is 1. The zero-order valence-electron chi connectivity index (χ0n) is 12.6. The van der Waals surface area contributed by atoms with Gasteiger partial charge >= 0.3 is 6.09 Å². The lowest BCUT2D eigenvalue weighted by Crippen LogP contribution is -2.27. The number of hydrogen-bond donors (Lipinski definition) is 1. The largest absolute Gasteiger partial charge is 0.493 e. The standard InChI is InChI=1S/C14H18N2O5/c1-14(2,3)21-13(18)16-10-7-12(20-5)11(19-4)6-9(10)15-8-17/h6-7H,1-5H3,(H,16,18). The second kappa shape index (κ2) is 6.76. The van der Waals surface area contributed by atoms with Crippen LogP contribution in [0.3, 0.4) is 0 Å². The maximum Gasteiger partial charge on any atom is 0.412 e. The van der Waals surface area contributed by atoms with E-state index in [1.165, 1.54) is 32.4 Å². The maximum atomic E-state index is 11.8. The van der Waals surface area contributed by atoms with Gasteiger partial charge in [0.05, 0.1) is 19.9 Å². The van der Waals surface area contributed by atoms with E-state index in [2.05, 4.69) is 10.3 Å². The summed E-state index contributed by atoms with van der Waals surface area (Å²) in [6.45, 7) is 5.23. The molecule has 0 aliphatic carbocycles. The second-order valence-electron chi connectivity index (χ2n) is 5.05. The Balaban J connectivity index is 3.15. The molecule has 114 valence electrons. The number of benzene rings is 1. The van der Waals surface area contributed by atoms with Crippen molar-refractivity contribution in [2.75, 3.05) is 19.5 Å². The van der Waals surface area contributed by atoms with Crippen LogP contribution in [-0.4, -0.2) is 32.0 Å². The lowest BCUT2D eigenvalue weighted by Gasteiger charge is -2.20. The first-order chi connectivity index (χ1) is 9.80. The van der Waals surface area contributed by atoms with E-state index in [0.29, 0.717) is 11.5 Å². The Morgan fingerprint density at radius 1 is 1.19 bits per heavy atom. The fourth-order valence-corrected chi connectivity index (χ4v) is 1.52. The monoisotopic (exact) mass is 294 g/mol. The van der Waals surface area contributed by atoms with Crippen LogP contribution in [-0.2, 0) is 9.53 Å². The SMILES string of the molecule is COc1cc(N=C=O)c(NC(=O)OC(C)(C)C)cc1OC. The summed E-state index contributed by atoms with van der Waals surface area (Å²) in [6, 6.07) is 2.94. The first-order valence-electron chi connectivity index (χ1n) is 6.14. The van der Waals surface area contributed by atoms with Gasteiger partial charge in [0.25, 0.3) is 0 Å². The maximum absolute atomic E-state index is 11.8. The summed E-state index contributed by atoms with van der Waals surface area (Å²) >= 11 is 0. The van der Waals surface area contributed by atoms with Crippen LogP contribution in [0.1, 0.15) is 20.8 Å². The smallest absolute Gasteiger partial charge is 0.412 e. The molecule has 0 aromatic heterocycles. The van der Waals surface area contributed by atoms with E-state index in [1.807, 2.05) is 0 Å². The third-order valence-corrected chi connectivity index (χ3v) is 2.30. The first-order valence-corrected chi connectivity index (χ1v) is 6.14. The van der Waals surface area contributed by atoms with Crippen LogP contribution < -0.4 is 14.8 Å². The summed E-state index contributed by atoms with van der Waals surface area (Å²) in [7, 11) is 2.91. The molecule has 0 spiro atoms. The molecule has 7 heteroatoms. The quantitative estimate of drug-likeness (QED) is 0.681. The molecule has 1 amide bonds. The van der Waals surface area contributed by atoms with Crippen LogP contribution >= 0.6 is 0 Å². The first kappa shape index (κ1) is 16.5. The minimum absolute atomic E-state index is 0.188. The third kappa shape index (κ3) is 4.81. The molecule has 1 aromatic rings. The lowest BCUT2D eigenvalue weighted by atomic mass is 10.2. The van der Waals surface area contributed by atoms with Gasteiger partial charge in [0.2, 0.25) is 6.08 Å². The number of methoxy groups -OCH3 is 2. The molecule has 0 radical (unpaired) electrons. The number of nitrogens with one attached hydrogen (secondary N) is 1. The normalized spacial score (nSPS) is 10.3. The van der Waals surface area contributed by atoms with Crippen molar-refractivity contribution in [1.82, 2.24) is 0 Å². The number of hydrogen-bond acceptors (Lipinski definition) is 6. The van der Waals surface area contributed by atoms with E-state index < -0.39 is 11.7 Å². The van der Waals surface area contributed by atoms with Gasteiger partial charge in [-0.25, -0.2) is 9.59 Å². The molecule has 0 fully saturated rings. The molecule has 0 atom stereocenters. The average molecular weight is 294 g/mol. The zero-order chi connectivity index (χ0) is 16.0. The van der Waals surface area contributed by atoms with Crippen molar-refractivity contribution in [3.05, 3.63) is 12.1 Å². The summed E-state index contributed by atoms with van der Waals surface area (Å²) in [6.07, 6.45) is 0.752. The van der Waals surface area contributed by atoms with Gasteiger partial charge in [-0.1, -0.05) is 0 Å². The summed E-state index contributed by atoms with van der Waals surface area (Å²) in [5, 5.41) is 2.51.